The number of ether oxygens (including phenoxy) is 2. The van der Waals surface area contributed by atoms with E-state index in [9.17, 15) is 9.18 Å². The van der Waals surface area contributed by atoms with Gasteiger partial charge in [0.2, 0.25) is 0 Å². The molecule has 1 amide bonds. The van der Waals surface area contributed by atoms with E-state index in [0.29, 0.717) is 18.5 Å². The number of piperidine rings is 1. The maximum atomic E-state index is 14.3. The van der Waals surface area contributed by atoms with Gasteiger partial charge in [-0.1, -0.05) is 0 Å². The molecule has 1 saturated carbocycles. The van der Waals surface area contributed by atoms with Crippen LogP contribution in [-0.4, -0.2) is 37.8 Å². The van der Waals surface area contributed by atoms with Crippen LogP contribution in [0.5, 0.6) is 5.75 Å². The Labute approximate surface area is 154 Å². The van der Waals surface area contributed by atoms with Gasteiger partial charge in [-0.3, -0.25) is 4.79 Å². The second-order valence-corrected chi connectivity index (χ2v) is 6.57. The molecule has 2 fully saturated rings. The summed E-state index contributed by atoms with van der Waals surface area (Å²) in [5.74, 6) is -0.421. The van der Waals surface area contributed by atoms with Crippen LogP contribution in [0.2, 0.25) is 0 Å². The molecule has 2 N–H and O–H groups in total. The lowest BCUT2D eigenvalue weighted by Crippen LogP contribution is -2.51. The Bertz CT molecular complexity index is 588. The third kappa shape index (κ3) is 4.63. The zero-order valence-electron chi connectivity index (χ0n) is 14.5. The topological polar surface area (TPSA) is 59.6 Å². The van der Waals surface area contributed by atoms with Crippen molar-refractivity contribution < 1.29 is 18.7 Å². The molecule has 1 aromatic carbocycles. The number of halogens is 2. The minimum atomic E-state index is -0.846. The molecule has 140 valence electrons. The van der Waals surface area contributed by atoms with Crippen molar-refractivity contribution in [3.05, 3.63) is 24.0 Å². The van der Waals surface area contributed by atoms with Crippen molar-refractivity contribution in [3.8, 4) is 5.75 Å². The van der Waals surface area contributed by atoms with Crippen molar-refractivity contribution in [2.75, 3.05) is 25.5 Å². The minimum Gasteiger partial charge on any atom is -0.487 e. The van der Waals surface area contributed by atoms with Crippen LogP contribution in [0.4, 0.5) is 10.1 Å². The average molecular weight is 373 g/mol. The average Bonchev–Trinajstić information content (AvgIpc) is 3.11. The summed E-state index contributed by atoms with van der Waals surface area (Å²) in [6.07, 6.45) is 5.51. The molecule has 7 heteroatoms. The highest BCUT2D eigenvalue weighted by molar-refractivity contribution is 5.97. The normalized spacial score (nSPS) is 19.9. The number of amides is 1. The predicted molar refractivity (Wildman–Crippen MR) is 97.0 cm³/mol. The fraction of sp³-hybridized carbons (Fsp3) is 0.611. The molecular weight excluding hydrogens is 347 g/mol. The number of benzene rings is 1. The van der Waals surface area contributed by atoms with Gasteiger partial charge in [-0.25, -0.2) is 4.39 Å². The molecule has 0 aromatic heterocycles. The molecule has 0 atom stereocenters. The first-order valence-corrected chi connectivity index (χ1v) is 8.66. The van der Waals surface area contributed by atoms with E-state index in [4.69, 9.17) is 9.47 Å². The summed E-state index contributed by atoms with van der Waals surface area (Å²) in [5, 5.41) is 5.98. The zero-order valence-corrected chi connectivity index (χ0v) is 15.3. The molecule has 1 aromatic rings. The maximum absolute atomic E-state index is 14.3. The Morgan fingerprint density at radius 3 is 2.56 bits per heavy atom. The molecule has 1 aliphatic heterocycles. The van der Waals surface area contributed by atoms with Crippen molar-refractivity contribution in [2.45, 2.75) is 50.2 Å². The third-order valence-corrected chi connectivity index (χ3v) is 5.00. The molecule has 5 nitrogen and oxygen atoms in total. The fourth-order valence-corrected chi connectivity index (χ4v) is 3.46. The molecule has 0 unspecified atom stereocenters. The molecule has 1 saturated heterocycles. The van der Waals surface area contributed by atoms with E-state index in [0.717, 1.165) is 38.8 Å². The highest BCUT2D eigenvalue weighted by atomic mass is 35.5. The summed E-state index contributed by atoms with van der Waals surface area (Å²) in [6.45, 7) is 1.45. The van der Waals surface area contributed by atoms with Crippen LogP contribution in [0.3, 0.4) is 0 Å². The lowest BCUT2D eigenvalue weighted by molar-refractivity contribution is -0.140. The number of rotatable bonds is 5. The number of hydrogen-bond donors (Lipinski definition) is 2. The van der Waals surface area contributed by atoms with Crippen molar-refractivity contribution >= 4 is 24.0 Å². The van der Waals surface area contributed by atoms with Gasteiger partial charge in [0.25, 0.3) is 5.91 Å². The van der Waals surface area contributed by atoms with Crippen LogP contribution in [0.15, 0.2) is 18.2 Å². The second-order valence-electron chi connectivity index (χ2n) is 6.57. The Balaban J connectivity index is 0.00000225. The van der Waals surface area contributed by atoms with Gasteiger partial charge < -0.3 is 20.1 Å². The predicted octanol–water partition coefficient (Wildman–Crippen LogP) is 3.28. The van der Waals surface area contributed by atoms with E-state index in [1.807, 2.05) is 0 Å². The largest absolute Gasteiger partial charge is 0.487 e. The fourth-order valence-electron chi connectivity index (χ4n) is 3.46. The number of carbonyl (C=O) groups excluding carboxylic acids is 1. The number of carbonyl (C=O) groups is 1. The Hall–Kier alpha value is -1.37. The Morgan fingerprint density at radius 1 is 1.28 bits per heavy atom. The van der Waals surface area contributed by atoms with Gasteiger partial charge in [0.1, 0.15) is 5.60 Å². The third-order valence-electron chi connectivity index (χ3n) is 5.00. The molecule has 0 spiro atoms. The molecule has 3 rings (SSSR count). The standard InChI is InChI=1S/C18H25FN2O3.ClH/c1-23-18(8-10-20-11-9-18)17(22)21-13-6-7-16(15(19)12-13)24-14-4-2-3-5-14;/h6-7,12,14,20H,2-5,8-11H2,1H3,(H,21,22);1H. The van der Waals surface area contributed by atoms with Crippen molar-refractivity contribution in [2.24, 2.45) is 0 Å². The van der Waals surface area contributed by atoms with Crippen LogP contribution >= 0.6 is 12.4 Å². The number of hydrogen-bond acceptors (Lipinski definition) is 4. The molecule has 0 radical (unpaired) electrons. The van der Waals surface area contributed by atoms with Gasteiger partial charge in [0.05, 0.1) is 6.10 Å². The first-order valence-electron chi connectivity index (χ1n) is 8.66. The number of anilines is 1. The van der Waals surface area contributed by atoms with Gasteiger partial charge >= 0.3 is 0 Å². The van der Waals surface area contributed by atoms with E-state index in [1.165, 1.54) is 6.07 Å². The van der Waals surface area contributed by atoms with Gasteiger partial charge in [-0.15, -0.1) is 12.4 Å². The smallest absolute Gasteiger partial charge is 0.256 e. The molecule has 1 heterocycles. The first kappa shape index (κ1) is 19.9. The molecule has 2 aliphatic rings. The first-order chi connectivity index (χ1) is 11.6. The Morgan fingerprint density at radius 2 is 1.96 bits per heavy atom. The van der Waals surface area contributed by atoms with E-state index in [2.05, 4.69) is 10.6 Å². The van der Waals surface area contributed by atoms with Crippen LogP contribution in [0, 0.1) is 5.82 Å². The highest BCUT2D eigenvalue weighted by Crippen LogP contribution is 2.29. The van der Waals surface area contributed by atoms with Crippen LogP contribution in [0.25, 0.3) is 0 Å². The van der Waals surface area contributed by atoms with Crippen molar-refractivity contribution in [1.82, 2.24) is 5.32 Å². The van der Waals surface area contributed by atoms with Gasteiger partial charge in [0.15, 0.2) is 11.6 Å². The molecular formula is C18H26ClFN2O3. The molecule has 0 bridgehead atoms. The molecule has 25 heavy (non-hydrogen) atoms. The van der Waals surface area contributed by atoms with E-state index in [-0.39, 0.29) is 30.2 Å². The van der Waals surface area contributed by atoms with Crippen molar-refractivity contribution in [1.29, 1.82) is 0 Å². The Kier molecular flexibility index (Phi) is 7.04. The summed E-state index contributed by atoms with van der Waals surface area (Å²) in [5.41, 5.74) is -0.424. The number of nitrogens with one attached hydrogen (secondary N) is 2. The lowest BCUT2D eigenvalue weighted by Gasteiger charge is -2.34. The summed E-state index contributed by atoms with van der Waals surface area (Å²) < 4.78 is 25.4. The lowest BCUT2D eigenvalue weighted by atomic mass is 9.91. The van der Waals surface area contributed by atoms with Gasteiger partial charge in [-0.05, 0) is 63.7 Å². The summed E-state index contributed by atoms with van der Waals surface area (Å²) in [7, 11) is 1.55. The second kappa shape index (κ2) is 8.83. The monoisotopic (exact) mass is 372 g/mol. The van der Waals surface area contributed by atoms with Gasteiger partial charge in [0, 0.05) is 18.9 Å². The maximum Gasteiger partial charge on any atom is 0.256 e. The van der Waals surface area contributed by atoms with Gasteiger partial charge in [-0.2, -0.15) is 0 Å². The van der Waals surface area contributed by atoms with Crippen LogP contribution < -0.4 is 15.4 Å². The molecule has 1 aliphatic carbocycles. The number of methoxy groups -OCH3 is 1. The van der Waals surface area contributed by atoms with E-state index in [1.54, 1.807) is 19.2 Å². The van der Waals surface area contributed by atoms with Crippen LogP contribution in [0.1, 0.15) is 38.5 Å². The highest BCUT2D eigenvalue weighted by Gasteiger charge is 2.39. The van der Waals surface area contributed by atoms with E-state index >= 15 is 0 Å². The zero-order chi connectivity index (χ0) is 17.0. The summed E-state index contributed by atoms with van der Waals surface area (Å²) in [6, 6.07) is 4.58. The quantitative estimate of drug-likeness (QED) is 0.832. The van der Waals surface area contributed by atoms with E-state index < -0.39 is 11.4 Å². The van der Waals surface area contributed by atoms with Crippen molar-refractivity contribution in [3.63, 3.8) is 0 Å². The SMILES string of the molecule is COC1(C(=O)Nc2ccc(OC3CCCC3)c(F)c2)CCNCC1.Cl. The van der Waals surface area contributed by atoms with Crippen LogP contribution in [-0.2, 0) is 9.53 Å². The minimum absolute atomic E-state index is 0. The summed E-state index contributed by atoms with van der Waals surface area (Å²) in [4.78, 5) is 12.6. The summed E-state index contributed by atoms with van der Waals surface area (Å²) >= 11 is 0.